The zero-order chi connectivity index (χ0) is 61.2. The van der Waals surface area contributed by atoms with Crippen molar-refractivity contribution in [1.82, 2.24) is 0 Å². The van der Waals surface area contributed by atoms with Gasteiger partial charge in [-0.05, 0) is 118 Å². The van der Waals surface area contributed by atoms with Gasteiger partial charge in [0, 0.05) is 5.92 Å². The van der Waals surface area contributed by atoms with E-state index < -0.39 is 200 Å². The highest BCUT2D eigenvalue weighted by Gasteiger charge is 2.70. The van der Waals surface area contributed by atoms with Crippen LogP contribution in [-0.2, 0) is 52.2 Å². The van der Waals surface area contributed by atoms with Gasteiger partial charge < -0.3 is 124 Å². The van der Waals surface area contributed by atoms with E-state index in [1.54, 1.807) is 6.92 Å². The molecule has 0 spiro atoms. The maximum absolute atomic E-state index is 15.4. The molecule has 9 fully saturated rings. The van der Waals surface area contributed by atoms with Crippen LogP contribution in [0.15, 0.2) is 11.6 Å². The Hall–Kier alpha value is -1.75. The summed E-state index contributed by atoms with van der Waals surface area (Å²) in [6, 6.07) is 0. The molecule has 482 valence electrons. The average molecular weight is 1210 g/mol. The fourth-order valence-corrected chi connectivity index (χ4v) is 17.3. The molecule has 26 heteroatoms. The van der Waals surface area contributed by atoms with E-state index in [0.717, 1.165) is 18.4 Å². The highest BCUT2D eigenvalue weighted by molar-refractivity contribution is 5.79. The van der Waals surface area contributed by atoms with Crippen molar-refractivity contribution in [3.63, 3.8) is 0 Å². The molecule has 34 atom stereocenters. The lowest BCUT2D eigenvalue weighted by atomic mass is 9.37. The minimum atomic E-state index is -1.86. The van der Waals surface area contributed by atoms with Crippen molar-refractivity contribution in [3.05, 3.63) is 11.6 Å². The highest BCUT2D eigenvalue weighted by Crippen LogP contribution is 2.72. The standard InChI is InChI=1S/C58H94O26/c1-22-13-16-58(53(73)84-52-45(40(69)36(65)30(20-60)79-52)82-48-41(70)37(66)33(62)23(2)76-48)18-17-55(6)25-11-12-31-54(4,5)32(14-15-56(31,7)26(25)9-10-27(55)47(58)57(22,8)74)80-51-46(83-49-42(71)38(67)34(63)24(3)77-49)44(28(61)21-75-51)81-50-43(72)39(68)35(64)29(19-59)78-50/h10,22-26,28-52,59-72,74H,9,11-21H2,1-8H3/t22-,23+,24+,25?,26?,28-,29+,30+,31?,32?,33-,34+,35+,36+,37+,38+,39-,40-,41+,42+,43+,44+,45+,46+,47?,48-,49-,50-,51-,52-,55-,56+,57+,58-/m0/s1. The molecule has 5 saturated heterocycles. The van der Waals surface area contributed by atoms with Crippen LogP contribution in [0.4, 0.5) is 0 Å². The Morgan fingerprint density at radius 2 is 1.08 bits per heavy atom. The van der Waals surface area contributed by atoms with E-state index in [9.17, 15) is 76.6 Å². The van der Waals surface area contributed by atoms with Gasteiger partial charge in [0.25, 0.3) is 0 Å². The summed E-state index contributed by atoms with van der Waals surface area (Å²) in [6.07, 6.45) is -31.4. The molecule has 4 saturated carbocycles. The second-order valence-electron chi connectivity index (χ2n) is 27.6. The van der Waals surface area contributed by atoms with Crippen molar-refractivity contribution in [2.24, 2.45) is 51.2 Å². The topological polar surface area (TPSA) is 413 Å². The molecule has 10 aliphatic rings. The van der Waals surface area contributed by atoms with E-state index in [-0.39, 0.29) is 35.7 Å². The number of hydrogen-bond donors (Lipinski definition) is 15. The lowest BCUT2D eigenvalue weighted by Crippen LogP contribution is -2.67. The van der Waals surface area contributed by atoms with E-state index in [0.29, 0.717) is 44.9 Å². The molecule has 10 rings (SSSR count). The molecule has 5 heterocycles. The summed E-state index contributed by atoms with van der Waals surface area (Å²) in [5.74, 6) is -1.44. The van der Waals surface area contributed by atoms with Crippen molar-refractivity contribution in [1.29, 1.82) is 0 Å². The first-order valence-electron chi connectivity index (χ1n) is 30.3. The number of ether oxygens (including phenoxy) is 10. The number of aliphatic hydroxyl groups is 15. The van der Waals surface area contributed by atoms with Gasteiger partial charge in [0.1, 0.15) is 97.7 Å². The van der Waals surface area contributed by atoms with Crippen LogP contribution in [0.3, 0.4) is 0 Å². The summed E-state index contributed by atoms with van der Waals surface area (Å²) < 4.78 is 61.1. The maximum atomic E-state index is 15.4. The predicted octanol–water partition coefficient (Wildman–Crippen LogP) is -2.94. The van der Waals surface area contributed by atoms with Crippen LogP contribution < -0.4 is 0 Å². The van der Waals surface area contributed by atoms with Crippen LogP contribution in [0.5, 0.6) is 0 Å². The Morgan fingerprint density at radius 1 is 0.548 bits per heavy atom. The second kappa shape index (κ2) is 24.1. The van der Waals surface area contributed by atoms with Gasteiger partial charge in [-0.15, -0.1) is 0 Å². The number of fused-ring (bicyclic) bond motifs is 7. The molecule has 84 heavy (non-hydrogen) atoms. The van der Waals surface area contributed by atoms with Crippen molar-refractivity contribution in [2.45, 2.75) is 272 Å². The molecule has 0 amide bonds. The van der Waals surface area contributed by atoms with Crippen LogP contribution in [0, 0.1) is 51.2 Å². The molecule has 15 N–H and O–H groups in total. The average Bonchev–Trinajstić information content (AvgIpc) is 0.931. The Morgan fingerprint density at radius 3 is 1.68 bits per heavy atom. The maximum Gasteiger partial charge on any atom is 0.315 e. The Labute approximate surface area is 488 Å². The normalized spacial score (nSPS) is 55.8. The summed E-state index contributed by atoms with van der Waals surface area (Å²) in [5.41, 5.74) is -3.13. The smallest absolute Gasteiger partial charge is 0.315 e. The van der Waals surface area contributed by atoms with E-state index in [4.69, 9.17) is 47.4 Å². The highest BCUT2D eigenvalue weighted by atomic mass is 16.8. The second-order valence-corrected chi connectivity index (χ2v) is 27.6. The van der Waals surface area contributed by atoms with Gasteiger partial charge in [0.2, 0.25) is 6.29 Å². The molecule has 0 aromatic rings. The van der Waals surface area contributed by atoms with Gasteiger partial charge >= 0.3 is 5.97 Å². The molecule has 0 bridgehead atoms. The third kappa shape index (κ3) is 10.8. The first-order chi connectivity index (χ1) is 39.4. The van der Waals surface area contributed by atoms with Crippen LogP contribution in [0.2, 0.25) is 0 Å². The SMILES string of the molecule is C[C@H]1O[C@@H](O[C@H]2[C@H](OC(=O)[C@]34CC[C@H](C)[C@@](C)(O)C3C3=CCC5C(CCC6C(C)(C)C(O[C@@H]7OC[C@H](O)[C@@H](O[C@@H]8O[C@H](CO)[C@@H](O)[C@H](O)[C@H]8O)[C@H]7O[C@@H]7O[C@H](C)[C@@H](O)[C@@H](O)[C@H]7O)CC[C@]56C)[C@]3(C)CC4)O[C@H](CO)[C@@H](O)[C@@H]2O)[C@H](O)[C@H](O)[C@H]1O. The summed E-state index contributed by atoms with van der Waals surface area (Å²) in [4.78, 5) is 15.4. The Bertz CT molecular complexity index is 2330. The first-order valence-corrected chi connectivity index (χ1v) is 30.3. The summed E-state index contributed by atoms with van der Waals surface area (Å²) in [6.45, 7) is 13.6. The Kier molecular flexibility index (Phi) is 18.7. The molecular weight excluding hydrogens is 1110 g/mol. The van der Waals surface area contributed by atoms with Gasteiger partial charge in [0.05, 0.1) is 49.1 Å². The number of allylic oxidation sites excluding steroid dienone is 1. The predicted molar refractivity (Wildman–Crippen MR) is 283 cm³/mol. The monoisotopic (exact) mass is 1210 g/mol. The number of esters is 1. The molecule has 0 aromatic heterocycles. The molecule has 5 aliphatic heterocycles. The van der Waals surface area contributed by atoms with Crippen molar-refractivity contribution < 1.29 is 129 Å². The quantitative estimate of drug-likeness (QED) is 0.0528. The molecule has 5 aliphatic carbocycles. The van der Waals surface area contributed by atoms with E-state index >= 15 is 4.79 Å². The summed E-state index contributed by atoms with van der Waals surface area (Å²) >= 11 is 0. The first kappa shape index (κ1) is 65.2. The molecule has 0 aromatic carbocycles. The summed E-state index contributed by atoms with van der Waals surface area (Å²) in [5, 5.41) is 164. The number of aliphatic hydroxyl groups excluding tert-OH is 14. The van der Waals surface area contributed by atoms with Gasteiger partial charge in [-0.25, -0.2) is 0 Å². The van der Waals surface area contributed by atoms with Crippen LogP contribution in [0.1, 0.15) is 113 Å². The van der Waals surface area contributed by atoms with Crippen LogP contribution >= 0.6 is 0 Å². The minimum absolute atomic E-state index is 0.0497. The third-order valence-corrected chi connectivity index (χ3v) is 22.7. The summed E-state index contributed by atoms with van der Waals surface area (Å²) in [7, 11) is 0. The van der Waals surface area contributed by atoms with E-state index in [2.05, 4.69) is 33.8 Å². The zero-order valence-corrected chi connectivity index (χ0v) is 49.1. The number of carbonyl (C=O) groups excluding carboxylic acids is 1. The van der Waals surface area contributed by atoms with Crippen LogP contribution in [-0.4, -0.2) is 262 Å². The molecule has 5 unspecified atom stereocenters. The van der Waals surface area contributed by atoms with E-state index in [1.807, 2.05) is 6.92 Å². The fourth-order valence-electron chi connectivity index (χ4n) is 17.3. The lowest BCUT2D eigenvalue weighted by Gasteiger charge is -2.68. The number of carbonyl (C=O) groups is 1. The van der Waals surface area contributed by atoms with Gasteiger partial charge in [-0.3, -0.25) is 4.79 Å². The van der Waals surface area contributed by atoms with E-state index in [1.165, 1.54) is 13.8 Å². The van der Waals surface area contributed by atoms with Crippen molar-refractivity contribution in [3.8, 4) is 0 Å². The Balaban J connectivity index is 0.903. The third-order valence-electron chi connectivity index (χ3n) is 22.7. The molecular formula is C58H94O26. The van der Waals surface area contributed by atoms with Gasteiger partial charge in [0.15, 0.2) is 31.3 Å². The van der Waals surface area contributed by atoms with Crippen LogP contribution in [0.25, 0.3) is 0 Å². The van der Waals surface area contributed by atoms with Crippen molar-refractivity contribution >= 4 is 5.97 Å². The van der Waals surface area contributed by atoms with Crippen molar-refractivity contribution in [2.75, 3.05) is 19.8 Å². The van der Waals surface area contributed by atoms with Gasteiger partial charge in [-0.2, -0.15) is 0 Å². The largest absolute Gasteiger partial charge is 0.432 e. The fraction of sp³-hybridized carbons (Fsp3) is 0.948. The lowest BCUT2D eigenvalue weighted by molar-refractivity contribution is -0.388. The minimum Gasteiger partial charge on any atom is -0.432 e. The number of rotatable bonds is 12. The van der Waals surface area contributed by atoms with Gasteiger partial charge in [-0.1, -0.05) is 46.3 Å². The molecule has 26 nitrogen and oxygen atoms in total. The number of hydrogen-bond acceptors (Lipinski definition) is 26. The molecule has 0 radical (unpaired) electrons. The zero-order valence-electron chi connectivity index (χ0n) is 49.1.